The number of aryl methyl sites for hydroxylation is 1. The van der Waals surface area contributed by atoms with Crippen LogP contribution in [-0.4, -0.2) is 69.9 Å². The van der Waals surface area contributed by atoms with Crippen LogP contribution in [0.4, 0.5) is 0 Å². The van der Waals surface area contributed by atoms with Gasteiger partial charge in [0.05, 0.1) is 23.3 Å². The summed E-state index contributed by atoms with van der Waals surface area (Å²) in [6.45, 7) is 9.48. The minimum Gasteiger partial charge on any atom is -0.373 e. The average Bonchev–Trinajstić information content (AvgIpc) is 3.13. The van der Waals surface area contributed by atoms with Gasteiger partial charge in [0.25, 0.3) is 5.56 Å². The van der Waals surface area contributed by atoms with Gasteiger partial charge in [-0.25, -0.2) is 4.68 Å². The summed E-state index contributed by atoms with van der Waals surface area (Å²) >= 11 is 0. The molecule has 3 atom stereocenters. The maximum atomic E-state index is 13.1. The van der Waals surface area contributed by atoms with Gasteiger partial charge in [-0.05, 0) is 39.7 Å². The number of ether oxygens (including phenoxy) is 1. The zero-order chi connectivity index (χ0) is 20.5. The fourth-order valence-corrected chi connectivity index (χ4v) is 4.82. The minimum absolute atomic E-state index is 0.00305. The summed E-state index contributed by atoms with van der Waals surface area (Å²) in [4.78, 5) is 30.2. The number of carbonyl (C=O) groups excluding carboxylic acids is 1. The van der Waals surface area contributed by atoms with E-state index >= 15 is 0 Å². The standard InChI is InChI=1S/C22H30N4O3/c1-15-11-24(12-16(2)29-15)13-18-7-6-10-25(18)21(27)14-26-22(28)20-9-5-4-8-19(20)17(3)23-26/h4-5,8-9,15-16,18H,6-7,10-14H2,1-3H3/t15-,16-,18+/m0/s1. The summed E-state index contributed by atoms with van der Waals surface area (Å²) in [5.41, 5.74) is 0.563. The summed E-state index contributed by atoms with van der Waals surface area (Å²) in [6.07, 6.45) is 2.44. The van der Waals surface area contributed by atoms with E-state index < -0.39 is 0 Å². The van der Waals surface area contributed by atoms with Crippen molar-refractivity contribution in [1.29, 1.82) is 0 Å². The van der Waals surface area contributed by atoms with E-state index in [0.717, 1.165) is 50.1 Å². The highest BCUT2D eigenvalue weighted by Crippen LogP contribution is 2.21. The quantitative estimate of drug-likeness (QED) is 0.786. The van der Waals surface area contributed by atoms with Crippen LogP contribution in [0.15, 0.2) is 29.1 Å². The maximum absolute atomic E-state index is 13.1. The Balaban J connectivity index is 1.48. The van der Waals surface area contributed by atoms with Crippen molar-refractivity contribution in [2.45, 2.75) is 58.4 Å². The molecule has 0 bridgehead atoms. The highest BCUT2D eigenvalue weighted by atomic mass is 16.5. The number of benzene rings is 1. The van der Waals surface area contributed by atoms with Crippen LogP contribution in [0.3, 0.4) is 0 Å². The molecule has 156 valence electrons. The van der Waals surface area contributed by atoms with Gasteiger partial charge in [0.15, 0.2) is 0 Å². The van der Waals surface area contributed by atoms with Gasteiger partial charge in [0.1, 0.15) is 6.54 Å². The van der Waals surface area contributed by atoms with Crippen LogP contribution in [0, 0.1) is 6.92 Å². The van der Waals surface area contributed by atoms with Crippen molar-refractivity contribution in [3.05, 3.63) is 40.3 Å². The molecule has 2 aliphatic heterocycles. The molecule has 2 aromatic rings. The molecule has 1 aromatic heterocycles. The smallest absolute Gasteiger partial charge is 0.275 e. The molecule has 2 aliphatic rings. The largest absolute Gasteiger partial charge is 0.373 e. The third-order valence-corrected chi connectivity index (χ3v) is 6.00. The van der Waals surface area contributed by atoms with Crippen LogP contribution in [0.2, 0.25) is 0 Å². The number of likely N-dealkylation sites (tertiary alicyclic amines) is 1. The van der Waals surface area contributed by atoms with Crippen molar-refractivity contribution in [3.63, 3.8) is 0 Å². The molecule has 2 saturated heterocycles. The van der Waals surface area contributed by atoms with Crippen molar-refractivity contribution in [3.8, 4) is 0 Å². The summed E-state index contributed by atoms with van der Waals surface area (Å²) < 4.78 is 7.15. The van der Waals surface area contributed by atoms with Crippen molar-refractivity contribution in [2.24, 2.45) is 0 Å². The molecule has 1 aromatic carbocycles. The Kier molecular flexibility index (Phi) is 5.69. The molecule has 0 saturated carbocycles. The Morgan fingerprint density at radius 2 is 1.86 bits per heavy atom. The second-order valence-electron chi connectivity index (χ2n) is 8.45. The number of nitrogens with zero attached hydrogens (tertiary/aromatic N) is 4. The van der Waals surface area contributed by atoms with Gasteiger partial charge in [-0.2, -0.15) is 5.10 Å². The topological polar surface area (TPSA) is 67.7 Å². The molecule has 4 rings (SSSR count). The van der Waals surface area contributed by atoms with Gasteiger partial charge in [0.2, 0.25) is 5.91 Å². The number of hydrogen-bond acceptors (Lipinski definition) is 5. The predicted molar refractivity (Wildman–Crippen MR) is 112 cm³/mol. The molecule has 29 heavy (non-hydrogen) atoms. The minimum atomic E-state index is -0.203. The van der Waals surface area contributed by atoms with E-state index in [0.29, 0.717) is 5.39 Å². The number of aromatic nitrogens is 2. The van der Waals surface area contributed by atoms with Gasteiger partial charge < -0.3 is 9.64 Å². The van der Waals surface area contributed by atoms with Crippen LogP contribution in [-0.2, 0) is 16.1 Å². The molecular formula is C22H30N4O3. The molecule has 0 aliphatic carbocycles. The number of amides is 1. The number of hydrogen-bond donors (Lipinski definition) is 0. The van der Waals surface area contributed by atoms with Crippen LogP contribution in [0.1, 0.15) is 32.4 Å². The first kappa shape index (κ1) is 20.0. The Morgan fingerprint density at radius 1 is 1.17 bits per heavy atom. The van der Waals surface area contributed by atoms with Gasteiger partial charge in [-0.1, -0.05) is 18.2 Å². The van der Waals surface area contributed by atoms with E-state index in [9.17, 15) is 9.59 Å². The van der Waals surface area contributed by atoms with Crippen molar-refractivity contribution in [1.82, 2.24) is 19.6 Å². The lowest BCUT2D eigenvalue weighted by molar-refractivity contribution is -0.133. The van der Waals surface area contributed by atoms with Crippen LogP contribution >= 0.6 is 0 Å². The molecule has 3 heterocycles. The second kappa shape index (κ2) is 8.24. The molecule has 1 amide bonds. The Labute approximate surface area is 171 Å². The summed E-state index contributed by atoms with van der Waals surface area (Å²) in [5, 5.41) is 5.86. The predicted octanol–water partition coefficient (Wildman–Crippen LogP) is 1.81. The number of rotatable bonds is 4. The van der Waals surface area contributed by atoms with Crippen LogP contribution < -0.4 is 5.56 Å². The normalized spacial score (nSPS) is 25.6. The molecule has 7 nitrogen and oxygen atoms in total. The second-order valence-corrected chi connectivity index (χ2v) is 8.45. The van der Waals surface area contributed by atoms with Crippen molar-refractivity contribution >= 4 is 16.7 Å². The third kappa shape index (κ3) is 4.21. The molecule has 0 spiro atoms. The lowest BCUT2D eigenvalue weighted by Gasteiger charge is -2.38. The number of fused-ring (bicyclic) bond motifs is 1. The molecular weight excluding hydrogens is 368 g/mol. The van der Waals surface area contributed by atoms with Crippen LogP contribution in [0.5, 0.6) is 0 Å². The van der Waals surface area contributed by atoms with E-state index in [2.05, 4.69) is 23.8 Å². The highest BCUT2D eigenvalue weighted by Gasteiger charge is 2.32. The van der Waals surface area contributed by atoms with Crippen molar-refractivity contribution in [2.75, 3.05) is 26.2 Å². The monoisotopic (exact) mass is 398 g/mol. The summed E-state index contributed by atoms with van der Waals surface area (Å²) in [6, 6.07) is 7.63. The third-order valence-electron chi connectivity index (χ3n) is 6.00. The van der Waals surface area contributed by atoms with E-state index in [4.69, 9.17) is 4.74 Å². The number of morpholine rings is 1. The van der Waals surface area contributed by atoms with E-state index in [1.54, 1.807) is 6.07 Å². The van der Waals surface area contributed by atoms with Crippen molar-refractivity contribution < 1.29 is 9.53 Å². The van der Waals surface area contributed by atoms with E-state index in [1.165, 1.54) is 4.68 Å². The Bertz CT molecular complexity index is 947. The fourth-order valence-electron chi connectivity index (χ4n) is 4.82. The zero-order valence-corrected chi connectivity index (χ0v) is 17.5. The van der Waals surface area contributed by atoms with E-state index in [1.807, 2.05) is 30.0 Å². The first-order valence-electron chi connectivity index (χ1n) is 10.6. The summed E-state index contributed by atoms with van der Waals surface area (Å²) in [7, 11) is 0. The molecule has 0 unspecified atom stereocenters. The first-order chi connectivity index (χ1) is 13.9. The lowest BCUT2D eigenvalue weighted by Crippen LogP contribution is -2.51. The highest BCUT2D eigenvalue weighted by molar-refractivity contribution is 5.83. The summed E-state index contributed by atoms with van der Waals surface area (Å²) in [5.74, 6) is -0.0221. The fraction of sp³-hybridized carbons (Fsp3) is 0.591. The van der Waals surface area contributed by atoms with E-state index in [-0.39, 0.29) is 36.3 Å². The van der Waals surface area contributed by atoms with Crippen LogP contribution in [0.25, 0.3) is 10.8 Å². The average molecular weight is 399 g/mol. The van der Waals surface area contributed by atoms with Gasteiger partial charge >= 0.3 is 0 Å². The lowest BCUT2D eigenvalue weighted by atomic mass is 10.1. The number of carbonyl (C=O) groups is 1. The Morgan fingerprint density at radius 3 is 2.59 bits per heavy atom. The molecule has 2 fully saturated rings. The molecule has 0 radical (unpaired) electrons. The zero-order valence-electron chi connectivity index (χ0n) is 17.5. The maximum Gasteiger partial charge on any atom is 0.275 e. The first-order valence-corrected chi connectivity index (χ1v) is 10.6. The van der Waals surface area contributed by atoms with Gasteiger partial charge in [0, 0.05) is 37.6 Å². The molecule has 7 heteroatoms. The molecule has 0 N–H and O–H groups in total. The van der Waals surface area contributed by atoms with Gasteiger partial charge in [-0.15, -0.1) is 0 Å². The Hall–Kier alpha value is -2.25. The van der Waals surface area contributed by atoms with Gasteiger partial charge in [-0.3, -0.25) is 14.5 Å². The SMILES string of the molecule is Cc1nn(CC(=O)N2CCC[C@@H]2CN2C[C@H](C)O[C@@H](C)C2)c(=O)c2ccccc12.